The summed E-state index contributed by atoms with van der Waals surface area (Å²) in [5.74, 6) is 0.604. The van der Waals surface area contributed by atoms with Crippen molar-refractivity contribution in [1.29, 1.82) is 0 Å². The van der Waals surface area contributed by atoms with E-state index >= 15 is 0 Å². The number of amides is 2. The zero-order valence-electron chi connectivity index (χ0n) is 17.3. The molecule has 0 aliphatic carbocycles. The number of furan rings is 1. The maximum Gasteiger partial charge on any atom is 0.290 e. The van der Waals surface area contributed by atoms with Crippen molar-refractivity contribution < 1.29 is 18.7 Å². The average molecular weight is 418 g/mol. The van der Waals surface area contributed by atoms with Crippen LogP contribution in [0.2, 0.25) is 0 Å². The van der Waals surface area contributed by atoms with Crippen LogP contribution in [0.25, 0.3) is 0 Å². The Morgan fingerprint density at radius 3 is 2.61 bits per heavy atom. The highest BCUT2D eigenvalue weighted by molar-refractivity contribution is 5.95. The second-order valence-electron chi connectivity index (χ2n) is 7.59. The van der Waals surface area contributed by atoms with Crippen molar-refractivity contribution in [3.05, 3.63) is 89.9 Å². The number of hydrogen-bond acceptors (Lipinski definition) is 4. The van der Waals surface area contributed by atoms with E-state index in [9.17, 15) is 9.59 Å². The van der Waals surface area contributed by atoms with E-state index in [1.165, 1.54) is 6.26 Å². The van der Waals surface area contributed by atoms with E-state index in [2.05, 4.69) is 5.32 Å². The molecule has 2 amide bonds. The number of benzene rings is 2. The Bertz CT molecular complexity index is 1000. The first kappa shape index (κ1) is 20.7. The van der Waals surface area contributed by atoms with Gasteiger partial charge in [0.1, 0.15) is 18.4 Å². The fourth-order valence-electron chi connectivity index (χ4n) is 3.82. The topological polar surface area (TPSA) is 71.8 Å². The second-order valence-corrected chi connectivity index (χ2v) is 7.59. The summed E-state index contributed by atoms with van der Waals surface area (Å²) in [5, 5.41) is 2.99. The monoisotopic (exact) mass is 418 g/mol. The highest BCUT2D eigenvalue weighted by Gasteiger charge is 2.33. The van der Waals surface area contributed by atoms with Gasteiger partial charge in [-0.2, -0.15) is 0 Å². The third kappa shape index (κ3) is 5.15. The molecule has 1 atom stereocenters. The minimum absolute atomic E-state index is 0.155. The van der Waals surface area contributed by atoms with E-state index in [-0.39, 0.29) is 17.6 Å². The van der Waals surface area contributed by atoms with Gasteiger partial charge in [0.25, 0.3) is 5.91 Å². The van der Waals surface area contributed by atoms with Gasteiger partial charge in [0.05, 0.1) is 6.26 Å². The molecule has 2 heterocycles. The third-order valence-electron chi connectivity index (χ3n) is 5.46. The van der Waals surface area contributed by atoms with Crippen molar-refractivity contribution in [3.8, 4) is 5.75 Å². The van der Waals surface area contributed by atoms with Crippen molar-refractivity contribution >= 4 is 11.8 Å². The maximum absolute atomic E-state index is 13.0. The van der Waals surface area contributed by atoms with Gasteiger partial charge in [0, 0.05) is 18.7 Å². The van der Waals surface area contributed by atoms with E-state index in [1.807, 2.05) is 54.6 Å². The molecule has 6 heteroatoms. The molecule has 3 aromatic rings. The Balaban J connectivity index is 1.39. The van der Waals surface area contributed by atoms with E-state index in [4.69, 9.17) is 9.15 Å². The standard InChI is InChI=1S/C25H26N2O4/c28-24(21-12-6-7-15-27(21)25(29)23-14-8-16-30-23)26-17-20-11-4-5-13-22(20)31-18-19-9-2-1-3-10-19/h1-5,8-11,13-14,16,21H,6-7,12,15,17-18H2,(H,26,28). The molecule has 1 unspecified atom stereocenters. The molecule has 1 aromatic heterocycles. The molecule has 6 nitrogen and oxygen atoms in total. The summed E-state index contributed by atoms with van der Waals surface area (Å²) in [6.07, 6.45) is 3.91. The summed E-state index contributed by atoms with van der Waals surface area (Å²) in [5.41, 5.74) is 1.97. The Morgan fingerprint density at radius 1 is 1.00 bits per heavy atom. The van der Waals surface area contributed by atoms with E-state index in [0.29, 0.717) is 26.1 Å². The first-order valence-electron chi connectivity index (χ1n) is 10.6. The van der Waals surface area contributed by atoms with Crippen molar-refractivity contribution in [3.63, 3.8) is 0 Å². The number of nitrogens with one attached hydrogen (secondary N) is 1. The van der Waals surface area contributed by atoms with Gasteiger partial charge in [-0.25, -0.2) is 0 Å². The van der Waals surface area contributed by atoms with Gasteiger partial charge in [0.2, 0.25) is 5.91 Å². The summed E-state index contributed by atoms with van der Waals surface area (Å²) < 4.78 is 11.2. The second kappa shape index (κ2) is 9.98. The fraction of sp³-hybridized carbons (Fsp3) is 0.280. The molecule has 0 spiro atoms. The molecule has 160 valence electrons. The summed E-state index contributed by atoms with van der Waals surface area (Å²) in [7, 11) is 0. The van der Waals surface area contributed by atoms with Crippen LogP contribution < -0.4 is 10.1 Å². The summed E-state index contributed by atoms with van der Waals surface area (Å²) in [6.45, 7) is 1.34. The lowest BCUT2D eigenvalue weighted by molar-refractivity contribution is -0.126. The van der Waals surface area contributed by atoms with Crippen LogP contribution in [0.4, 0.5) is 0 Å². The lowest BCUT2D eigenvalue weighted by Gasteiger charge is -2.34. The molecule has 1 aliphatic rings. The van der Waals surface area contributed by atoms with Crippen LogP contribution in [0.1, 0.15) is 40.9 Å². The number of carbonyl (C=O) groups excluding carboxylic acids is 2. The molecule has 0 bridgehead atoms. The van der Waals surface area contributed by atoms with Gasteiger partial charge >= 0.3 is 0 Å². The van der Waals surface area contributed by atoms with E-state index in [0.717, 1.165) is 29.7 Å². The Morgan fingerprint density at radius 2 is 1.81 bits per heavy atom. The first-order valence-corrected chi connectivity index (χ1v) is 10.6. The Kier molecular flexibility index (Phi) is 6.67. The van der Waals surface area contributed by atoms with Crippen LogP contribution in [-0.4, -0.2) is 29.3 Å². The molecule has 2 aromatic carbocycles. The molecule has 1 fully saturated rings. The maximum atomic E-state index is 13.0. The summed E-state index contributed by atoms with van der Waals surface area (Å²) in [4.78, 5) is 27.3. The van der Waals surface area contributed by atoms with E-state index in [1.54, 1.807) is 17.0 Å². The Hall–Kier alpha value is -3.54. The van der Waals surface area contributed by atoms with Gasteiger partial charge in [-0.1, -0.05) is 48.5 Å². The highest BCUT2D eigenvalue weighted by Crippen LogP contribution is 2.22. The zero-order valence-corrected chi connectivity index (χ0v) is 17.3. The predicted molar refractivity (Wildman–Crippen MR) is 116 cm³/mol. The van der Waals surface area contributed by atoms with E-state index < -0.39 is 6.04 Å². The Labute approximate surface area is 181 Å². The molecule has 0 saturated carbocycles. The lowest BCUT2D eigenvalue weighted by atomic mass is 10.0. The van der Waals surface area contributed by atoms with Crippen LogP contribution in [0.15, 0.2) is 77.4 Å². The molecule has 31 heavy (non-hydrogen) atoms. The highest BCUT2D eigenvalue weighted by atomic mass is 16.5. The molecule has 4 rings (SSSR count). The zero-order chi connectivity index (χ0) is 21.5. The van der Waals surface area contributed by atoms with Crippen LogP contribution >= 0.6 is 0 Å². The number of ether oxygens (including phenoxy) is 1. The smallest absolute Gasteiger partial charge is 0.290 e. The fourth-order valence-corrected chi connectivity index (χ4v) is 3.82. The summed E-state index contributed by atoms with van der Waals surface area (Å²) >= 11 is 0. The molecule has 1 N–H and O–H groups in total. The van der Waals surface area contributed by atoms with Gasteiger partial charge in [0.15, 0.2) is 5.76 Å². The number of nitrogens with zero attached hydrogens (tertiary/aromatic N) is 1. The average Bonchev–Trinajstić information content (AvgIpc) is 3.37. The van der Waals surface area contributed by atoms with Crippen LogP contribution in [-0.2, 0) is 17.9 Å². The number of rotatable bonds is 7. The molecule has 1 aliphatic heterocycles. The molecule has 1 saturated heterocycles. The normalized spacial score (nSPS) is 16.0. The van der Waals surface area contributed by atoms with Crippen molar-refractivity contribution in [1.82, 2.24) is 10.2 Å². The number of para-hydroxylation sites is 1. The minimum atomic E-state index is -0.497. The predicted octanol–water partition coefficient (Wildman–Crippen LogP) is 4.17. The minimum Gasteiger partial charge on any atom is -0.489 e. The van der Waals surface area contributed by atoms with Crippen molar-refractivity contribution in [2.75, 3.05) is 6.54 Å². The van der Waals surface area contributed by atoms with Gasteiger partial charge in [-0.15, -0.1) is 0 Å². The third-order valence-corrected chi connectivity index (χ3v) is 5.46. The number of likely N-dealkylation sites (tertiary alicyclic amines) is 1. The quantitative estimate of drug-likeness (QED) is 0.625. The molecular formula is C25H26N2O4. The number of hydrogen-bond donors (Lipinski definition) is 1. The van der Waals surface area contributed by atoms with Crippen LogP contribution in [0.3, 0.4) is 0 Å². The van der Waals surface area contributed by atoms with Crippen LogP contribution in [0.5, 0.6) is 5.75 Å². The largest absolute Gasteiger partial charge is 0.489 e. The number of carbonyl (C=O) groups is 2. The van der Waals surface area contributed by atoms with Crippen LogP contribution in [0, 0.1) is 0 Å². The molecular weight excluding hydrogens is 392 g/mol. The SMILES string of the molecule is O=C(NCc1ccccc1OCc1ccccc1)C1CCCCN1C(=O)c1ccco1. The first-order chi connectivity index (χ1) is 15.2. The van der Waals surface area contributed by atoms with Gasteiger partial charge in [-0.3, -0.25) is 9.59 Å². The van der Waals surface area contributed by atoms with Gasteiger partial charge < -0.3 is 19.4 Å². The number of piperidine rings is 1. The van der Waals surface area contributed by atoms with Gasteiger partial charge in [-0.05, 0) is 43.0 Å². The van der Waals surface area contributed by atoms with Crippen molar-refractivity contribution in [2.24, 2.45) is 0 Å². The van der Waals surface area contributed by atoms with Crippen molar-refractivity contribution in [2.45, 2.75) is 38.5 Å². The summed E-state index contributed by atoms with van der Waals surface area (Å²) in [6, 6.07) is 20.4. The molecule has 0 radical (unpaired) electrons. The lowest BCUT2D eigenvalue weighted by Crippen LogP contribution is -2.51.